The van der Waals surface area contributed by atoms with Crippen molar-refractivity contribution in [1.29, 1.82) is 5.26 Å². The second-order valence-corrected chi connectivity index (χ2v) is 5.31. The zero-order chi connectivity index (χ0) is 17.6. The first-order valence-corrected chi connectivity index (χ1v) is 7.55. The predicted molar refractivity (Wildman–Crippen MR) is 92.6 cm³/mol. The van der Waals surface area contributed by atoms with Crippen LogP contribution in [0, 0.1) is 11.3 Å². The van der Waals surface area contributed by atoms with Crippen LogP contribution in [0.25, 0.3) is 0 Å². The monoisotopic (exact) mass is 336 g/mol. The maximum absolute atomic E-state index is 12.1. The Hall–Kier alpha value is -3.66. The van der Waals surface area contributed by atoms with Crippen molar-refractivity contribution >= 4 is 17.3 Å². The molecule has 0 aliphatic carbocycles. The Morgan fingerprint density at radius 2 is 1.96 bits per heavy atom. The first-order chi connectivity index (χ1) is 12.2. The zero-order valence-electron chi connectivity index (χ0n) is 13.3. The summed E-state index contributed by atoms with van der Waals surface area (Å²) in [7, 11) is 0. The number of nitrogens with one attached hydrogen (secondary N) is 2. The van der Waals surface area contributed by atoms with Gasteiger partial charge in [-0.3, -0.25) is 4.79 Å². The largest absolute Gasteiger partial charge is 0.454 e. The van der Waals surface area contributed by atoms with E-state index in [9.17, 15) is 4.79 Å². The quantitative estimate of drug-likeness (QED) is 0.438. The van der Waals surface area contributed by atoms with Gasteiger partial charge in [-0.2, -0.15) is 5.26 Å². The molecule has 0 bridgehead atoms. The Labute approximate surface area is 144 Å². The maximum Gasteiger partial charge on any atom is 0.263 e. The third kappa shape index (κ3) is 4.00. The van der Waals surface area contributed by atoms with Crippen LogP contribution in [0.15, 0.2) is 54.2 Å². The number of carbonyl (C=O) groups excluding carboxylic acids is 1. The van der Waals surface area contributed by atoms with Crippen molar-refractivity contribution < 1.29 is 14.3 Å². The first kappa shape index (κ1) is 16.2. The van der Waals surface area contributed by atoms with Crippen LogP contribution in [0.3, 0.4) is 0 Å². The van der Waals surface area contributed by atoms with Gasteiger partial charge < -0.3 is 25.8 Å². The fraction of sp³-hybridized carbons (Fsp3) is 0.111. The molecule has 0 unspecified atom stereocenters. The van der Waals surface area contributed by atoms with Gasteiger partial charge in [0.2, 0.25) is 6.79 Å². The molecule has 0 saturated carbocycles. The van der Waals surface area contributed by atoms with E-state index >= 15 is 0 Å². The second-order valence-electron chi connectivity index (χ2n) is 5.31. The van der Waals surface area contributed by atoms with E-state index < -0.39 is 5.91 Å². The molecule has 2 aromatic carbocycles. The third-order valence-electron chi connectivity index (χ3n) is 3.55. The molecule has 7 heteroatoms. The molecule has 1 aliphatic rings. The molecule has 1 heterocycles. The fourth-order valence-corrected chi connectivity index (χ4v) is 2.21. The molecule has 4 N–H and O–H groups in total. The number of hydrogen-bond acceptors (Lipinski definition) is 6. The highest BCUT2D eigenvalue weighted by Crippen LogP contribution is 2.32. The summed E-state index contributed by atoms with van der Waals surface area (Å²) in [5, 5.41) is 14.8. The number of hydrogen-bond donors (Lipinski definition) is 3. The third-order valence-corrected chi connectivity index (χ3v) is 3.55. The van der Waals surface area contributed by atoms with Gasteiger partial charge in [-0.1, -0.05) is 6.07 Å². The van der Waals surface area contributed by atoms with Gasteiger partial charge in [0, 0.05) is 24.1 Å². The minimum atomic E-state index is -0.469. The van der Waals surface area contributed by atoms with Crippen molar-refractivity contribution in [3.05, 3.63) is 59.8 Å². The zero-order valence-corrected chi connectivity index (χ0v) is 13.3. The second kappa shape index (κ2) is 7.27. The number of nitrogens with zero attached hydrogens (tertiary/aromatic N) is 1. The van der Waals surface area contributed by atoms with Crippen molar-refractivity contribution in [3.8, 4) is 17.6 Å². The normalized spacial score (nSPS) is 12.4. The van der Waals surface area contributed by atoms with Crippen LogP contribution in [0.1, 0.15) is 5.56 Å². The van der Waals surface area contributed by atoms with Gasteiger partial charge in [-0.05, 0) is 42.0 Å². The fourth-order valence-electron chi connectivity index (χ4n) is 2.21. The average molecular weight is 336 g/mol. The van der Waals surface area contributed by atoms with Gasteiger partial charge >= 0.3 is 0 Å². The summed E-state index contributed by atoms with van der Waals surface area (Å²) in [6.45, 7) is 0.472. The summed E-state index contributed by atoms with van der Waals surface area (Å²) < 4.78 is 10.5. The Bertz CT molecular complexity index is 854. The highest BCUT2D eigenvalue weighted by molar-refractivity contribution is 5.97. The lowest BCUT2D eigenvalue weighted by molar-refractivity contribution is -0.117. The molecular formula is C18H16N4O3. The summed E-state index contributed by atoms with van der Waals surface area (Å²) in [5.41, 5.74) is 7.79. The van der Waals surface area contributed by atoms with Crippen molar-refractivity contribution in [3.63, 3.8) is 0 Å². The summed E-state index contributed by atoms with van der Waals surface area (Å²) >= 11 is 0. The number of nitrogen functional groups attached to an aromatic ring is 1. The summed E-state index contributed by atoms with van der Waals surface area (Å²) in [5.74, 6) is 0.858. The van der Waals surface area contributed by atoms with Crippen LogP contribution in [0.2, 0.25) is 0 Å². The van der Waals surface area contributed by atoms with Gasteiger partial charge in [0.25, 0.3) is 5.91 Å². The number of nitrogens with two attached hydrogens (primary N) is 1. The molecule has 0 atom stereocenters. The van der Waals surface area contributed by atoms with Gasteiger partial charge in [0.1, 0.15) is 11.6 Å². The Morgan fingerprint density at radius 1 is 1.20 bits per heavy atom. The minimum absolute atomic E-state index is 0.0300. The number of anilines is 2. The number of ether oxygens (including phenoxy) is 2. The van der Waals surface area contributed by atoms with E-state index in [4.69, 9.17) is 20.5 Å². The standard InChI is InChI=1S/C18H16N4O3/c19-8-13(10-21-15-4-2-14(20)3-5-15)18(23)22-9-12-1-6-16-17(7-12)25-11-24-16/h1-7,10,21H,9,11,20H2,(H,22,23)/b13-10-. The number of nitriles is 1. The summed E-state index contributed by atoms with van der Waals surface area (Å²) in [6, 6.07) is 14.2. The van der Waals surface area contributed by atoms with Crippen LogP contribution < -0.4 is 25.8 Å². The molecule has 0 saturated heterocycles. The molecule has 0 radical (unpaired) electrons. The van der Waals surface area contributed by atoms with Crippen LogP contribution >= 0.6 is 0 Å². The SMILES string of the molecule is N#C/C(=C/Nc1ccc(N)cc1)C(=O)NCc1ccc2c(c1)OCO2. The number of fused-ring (bicyclic) bond motifs is 1. The van der Waals surface area contributed by atoms with Gasteiger partial charge in [-0.25, -0.2) is 0 Å². The minimum Gasteiger partial charge on any atom is -0.454 e. The van der Waals surface area contributed by atoms with Crippen LogP contribution in [0.5, 0.6) is 11.5 Å². The highest BCUT2D eigenvalue weighted by atomic mass is 16.7. The lowest BCUT2D eigenvalue weighted by Gasteiger charge is -2.06. The number of benzene rings is 2. The lowest BCUT2D eigenvalue weighted by Crippen LogP contribution is -2.24. The molecule has 0 fully saturated rings. The Balaban J connectivity index is 1.59. The molecule has 7 nitrogen and oxygen atoms in total. The lowest BCUT2D eigenvalue weighted by atomic mass is 10.2. The van der Waals surface area contributed by atoms with E-state index in [1.165, 1.54) is 6.20 Å². The number of rotatable bonds is 5. The molecule has 25 heavy (non-hydrogen) atoms. The van der Waals surface area contributed by atoms with Crippen molar-refractivity contribution in [2.45, 2.75) is 6.54 Å². The van der Waals surface area contributed by atoms with E-state index in [2.05, 4.69) is 10.6 Å². The van der Waals surface area contributed by atoms with Gasteiger partial charge in [-0.15, -0.1) is 0 Å². The van der Waals surface area contributed by atoms with Gasteiger partial charge in [0.05, 0.1) is 0 Å². The van der Waals surface area contributed by atoms with Crippen LogP contribution in [0.4, 0.5) is 11.4 Å². The number of amides is 1. The Morgan fingerprint density at radius 3 is 2.72 bits per heavy atom. The predicted octanol–water partition coefficient (Wildman–Crippen LogP) is 2.13. The van der Waals surface area contributed by atoms with E-state index in [1.54, 1.807) is 36.4 Å². The van der Waals surface area contributed by atoms with Gasteiger partial charge in [0.15, 0.2) is 11.5 Å². The van der Waals surface area contributed by atoms with E-state index in [1.807, 2.05) is 12.1 Å². The van der Waals surface area contributed by atoms with E-state index in [0.717, 1.165) is 11.3 Å². The Kier molecular flexibility index (Phi) is 4.72. The van der Waals surface area contributed by atoms with Crippen molar-refractivity contribution in [2.75, 3.05) is 17.8 Å². The first-order valence-electron chi connectivity index (χ1n) is 7.55. The van der Waals surface area contributed by atoms with E-state index in [-0.39, 0.29) is 18.9 Å². The summed E-state index contributed by atoms with van der Waals surface area (Å²) in [4.78, 5) is 12.1. The molecule has 0 aromatic heterocycles. The summed E-state index contributed by atoms with van der Waals surface area (Å²) in [6.07, 6.45) is 1.36. The topological polar surface area (TPSA) is 109 Å². The smallest absolute Gasteiger partial charge is 0.263 e. The number of carbonyl (C=O) groups is 1. The average Bonchev–Trinajstić information content (AvgIpc) is 3.09. The van der Waals surface area contributed by atoms with Crippen LogP contribution in [-0.2, 0) is 11.3 Å². The van der Waals surface area contributed by atoms with E-state index in [0.29, 0.717) is 17.2 Å². The molecule has 1 amide bonds. The van der Waals surface area contributed by atoms with Crippen molar-refractivity contribution in [1.82, 2.24) is 5.32 Å². The highest BCUT2D eigenvalue weighted by Gasteiger charge is 2.14. The molecule has 3 rings (SSSR count). The molecule has 1 aliphatic heterocycles. The van der Waals surface area contributed by atoms with Crippen LogP contribution in [-0.4, -0.2) is 12.7 Å². The maximum atomic E-state index is 12.1. The molecule has 2 aromatic rings. The molecule has 0 spiro atoms. The molecule has 126 valence electrons. The van der Waals surface area contributed by atoms with Crippen molar-refractivity contribution in [2.24, 2.45) is 0 Å². The molecular weight excluding hydrogens is 320 g/mol.